The topological polar surface area (TPSA) is 55.6 Å². The molecule has 1 atom stereocenters. The Morgan fingerprint density at radius 3 is 2.76 bits per heavy atom. The number of nitrogens with zero attached hydrogens (tertiary/aromatic N) is 4. The molecule has 2 aromatic rings. The van der Waals surface area contributed by atoms with E-state index in [1.54, 1.807) is 0 Å². The van der Waals surface area contributed by atoms with Gasteiger partial charge in [-0.2, -0.15) is 0 Å². The molecule has 1 unspecified atom stereocenters. The zero-order chi connectivity index (χ0) is 15.2. The van der Waals surface area contributed by atoms with Gasteiger partial charge in [0.05, 0.1) is 10.6 Å². The van der Waals surface area contributed by atoms with Crippen LogP contribution in [0.15, 0.2) is 12.4 Å². The molecule has 0 aliphatic heterocycles. The molecule has 0 aliphatic carbocycles. The average Bonchev–Trinajstić information content (AvgIpc) is 3.10. The Kier molecular flexibility index (Phi) is 5.87. The molecule has 0 aromatic carbocycles. The lowest BCUT2D eigenvalue weighted by Gasteiger charge is -2.19. The molecule has 2 heterocycles. The molecule has 0 radical (unpaired) electrons. The van der Waals surface area contributed by atoms with E-state index in [4.69, 9.17) is 0 Å². The van der Waals surface area contributed by atoms with Gasteiger partial charge in [-0.25, -0.2) is 4.98 Å². The SMILES string of the molecule is CCCNC(c1snnc1C(C)C)c1nccn1CCC. The van der Waals surface area contributed by atoms with Crippen molar-refractivity contribution in [1.29, 1.82) is 0 Å². The molecule has 21 heavy (non-hydrogen) atoms. The minimum atomic E-state index is 0.0869. The molecule has 0 saturated carbocycles. The van der Waals surface area contributed by atoms with Crippen LogP contribution in [0.2, 0.25) is 0 Å². The molecule has 0 spiro atoms. The second kappa shape index (κ2) is 7.66. The van der Waals surface area contributed by atoms with Crippen LogP contribution in [0.5, 0.6) is 0 Å². The number of rotatable bonds is 8. The molecule has 116 valence electrons. The van der Waals surface area contributed by atoms with Gasteiger partial charge in [0.25, 0.3) is 0 Å². The number of aryl methyl sites for hydroxylation is 1. The summed E-state index contributed by atoms with van der Waals surface area (Å²) in [6, 6.07) is 0.0869. The van der Waals surface area contributed by atoms with Gasteiger partial charge in [-0.15, -0.1) is 5.10 Å². The maximum absolute atomic E-state index is 4.60. The third-order valence-corrected chi connectivity index (χ3v) is 4.22. The summed E-state index contributed by atoms with van der Waals surface area (Å²) in [6.07, 6.45) is 6.13. The summed E-state index contributed by atoms with van der Waals surface area (Å²) in [5.41, 5.74) is 1.08. The van der Waals surface area contributed by atoms with Crippen molar-refractivity contribution in [2.75, 3.05) is 6.54 Å². The van der Waals surface area contributed by atoms with Gasteiger partial charge in [0.15, 0.2) is 0 Å². The molecule has 0 aliphatic rings. The summed E-state index contributed by atoms with van der Waals surface area (Å²) in [6.45, 7) is 10.6. The first-order valence-corrected chi connectivity index (χ1v) is 8.52. The normalized spacial score (nSPS) is 13.0. The highest BCUT2D eigenvalue weighted by molar-refractivity contribution is 7.05. The van der Waals surface area contributed by atoms with Crippen LogP contribution in [0.25, 0.3) is 0 Å². The van der Waals surface area contributed by atoms with Gasteiger partial charge in [0, 0.05) is 18.9 Å². The Morgan fingerprint density at radius 2 is 2.10 bits per heavy atom. The fourth-order valence-electron chi connectivity index (χ4n) is 2.41. The lowest BCUT2D eigenvalue weighted by molar-refractivity contribution is 0.530. The number of aromatic nitrogens is 4. The standard InChI is InChI=1S/C15H25N5S/c1-5-7-16-13(14-12(11(3)4)18-19-21-14)15-17-8-10-20(15)9-6-2/h8,10-11,13,16H,5-7,9H2,1-4H3. The van der Waals surface area contributed by atoms with Crippen LogP contribution in [-0.2, 0) is 6.54 Å². The highest BCUT2D eigenvalue weighted by Gasteiger charge is 2.25. The van der Waals surface area contributed by atoms with E-state index in [0.717, 1.165) is 37.4 Å². The zero-order valence-electron chi connectivity index (χ0n) is 13.3. The summed E-state index contributed by atoms with van der Waals surface area (Å²) in [4.78, 5) is 5.79. The minimum absolute atomic E-state index is 0.0869. The van der Waals surface area contributed by atoms with E-state index in [-0.39, 0.29) is 6.04 Å². The predicted octanol–water partition coefficient (Wildman–Crippen LogP) is 3.36. The highest BCUT2D eigenvalue weighted by Crippen LogP contribution is 2.30. The van der Waals surface area contributed by atoms with Crippen molar-refractivity contribution >= 4 is 11.5 Å². The van der Waals surface area contributed by atoms with E-state index in [2.05, 4.69) is 58.3 Å². The highest BCUT2D eigenvalue weighted by atomic mass is 32.1. The van der Waals surface area contributed by atoms with Crippen LogP contribution in [-0.4, -0.2) is 25.7 Å². The summed E-state index contributed by atoms with van der Waals surface area (Å²) >= 11 is 1.48. The first kappa shape index (κ1) is 16.1. The molecule has 2 rings (SSSR count). The van der Waals surface area contributed by atoms with Gasteiger partial charge >= 0.3 is 0 Å². The third-order valence-electron chi connectivity index (χ3n) is 3.42. The van der Waals surface area contributed by atoms with Crippen molar-refractivity contribution in [2.24, 2.45) is 0 Å². The van der Waals surface area contributed by atoms with E-state index in [0.29, 0.717) is 5.92 Å². The fourth-order valence-corrected chi connectivity index (χ4v) is 3.29. The molecule has 5 nitrogen and oxygen atoms in total. The van der Waals surface area contributed by atoms with E-state index in [1.807, 2.05) is 6.20 Å². The molecule has 1 N–H and O–H groups in total. The Labute approximate surface area is 131 Å². The number of imidazole rings is 1. The Bertz CT molecular complexity index is 546. The van der Waals surface area contributed by atoms with Gasteiger partial charge in [-0.05, 0) is 36.8 Å². The first-order valence-electron chi connectivity index (χ1n) is 7.75. The largest absolute Gasteiger partial charge is 0.333 e. The summed E-state index contributed by atoms with van der Waals surface area (Å²) in [5, 5.41) is 7.94. The van der Waals surface area contributed by atoms with E-state index in [9.17, 15) is 0 Å². The van der Waals surface area contributed by atoms with Gasteiger partial charge in [-0.3, -0.25) is 0 Å². The van der Waals surface area contributed by atoms with Crippen LogP contribution in [0.4, 0.5) is 0 Å². The lowest BCUT2D eigenvalue weighted by atomic mass is 10.1. The van der Waals surface area contributed by atoms with E-state index < -0.39 is 0 Å². The molecular formula is C15H25N5S. The monoisotopic (exact) mass is 307 g/mol. The lowest BCUT2D eigenvalue weighted by Crippen LogP contribution is -2.26. The van der Waals surface area contributed by atoms with Crippen molar-refractivity contribution in [3.63, 3.8) is 0 Å². The minimum Gasteiger partial charge on any atom is -0.333 e. The zero-order valence-corrected chi connectivity index (χ0v) is 14.2. The van der Waals surface area contributed by atoms with E-state index >= 15 is 0 Å². The third kappa shape index (κ3) is 3.68. The maximum atomic E-state index is 4.60. The second-order valence-corrected chi connectivity index (χ2v) is 6.33. The molecule has 0 bridgehead atoms. The van der Waals surface area contributed by atoms with Gasteiger partial charge in [-0.1, -0.05) is 32.2 Å². The van der Waals surface area contributed by atoms with Crippen LogP contribution in [0, 0.1) is 0 Å². The van der Waals surface area contributed by atoms with Crippen molar-refractivity contribution < 1.29 is 0 Å². The number of hydrogen-bond donors (Lipinski definition) is 1. The van der Waals surface area contributed by atoms with E-state index in [1.165, 1.54) is 16.4 Å². The molecule has 2 aromatic heterocycles. The summed E-state index contributed by atoms with van der Waals surface area (Å²) in [7, 11) is 0. The average molecular weight is 307 g/mol. The maximum Gasteiger partial charge on any atom is 0.131 e. The predicted molar refractivity (Wildman–Crippen MR) is 86.7 cm³/mol. The summed E-state index contributed by atoms with van der Waals surface area (Å²) in [5.74, 6) is 1.44. The number of nitrogens with one attached hydrogen (secondary N) is 1. The van der Waals surface area contributed by atoms with Gasteiger partial charge < -0.3 is 9.88 Å². The van der Waals surface area contributed by atoms with Crippen molar-refractivity contribution in [2.45, 2.75) is 59.0 Å². The quantitative estimate of drug-likeness (QED) is 0.812. The van der Waals surface area contributed by atoms with Crippen molar-refractivity contribution in [3.05, 3.63) is 28.8 Å². The Morgan fingerprint density at radius 1 is 1.29 bits per heavy atom. The first-order chi connectivity index (χ1) is 10.2. The molecular weight excluding hydrogens is 282 g/mol. The molecule has 0 fully saturated rings. The van der Waals surface area contributed by atoms with Crippen LogP contribution < -0.4 is 5.32 Å². The Hall–Kier alpha value is -1.27. The van der Waals surface area contributed by atoms with Crippen molar-refractivity contribution in [1.82, 2.24) is 24.5 Å². The summed E-state index contributed by atoms with van der Waals surface area (Å²) < 4.78 is 6.41. The molecule has 0 saturated heterocycles. The van der Waals surface area contributed by atoms with Crippen molar-refractivity contribution in [3.8, 4) is 0 Å². The number of hydrogen-bond acceptors (Lipinski definition) is 5. The Balaban J connectivity index is 2.37. The van der Waals surface area contributed by atoms with Crippen LogP contribution >= 0.6 is 11.5 Å². The van der Waals surface area contributed by atoms with Crippen LogP contribution in [0.1, 0.15) is 68.9 Å². The molecule has 6 heteroatoms. The van der Waals surface area contributed by atoms with Gasteiger partial charge in [0.2, 0.25) is 0 Å². The smallest absolute Gasteiger partial charge is 0.131 e. The second-order valence-electron chi connectivity index (χ2n) is 5.54. The van der Waals surface area contributed by atoms with Gasteiger partial charge in [0.1, 0.15) is 11.9 Å². The molecule has 0 amide bonds. The fraction of sp³-hybridized carbons (Fsp3) is 0.667. The van der Waals surface area contributed by atoms with Crippen LogP contribution in [0.3, 0.4) is 0 Å².